The molecule has 1 aliphatic heterocycles. The molecule has 0 aliphatic carbocycles. The highest BCUT2D eigenvalue weighted by molar-refractivity contribution is 5.74. The maximum atomic E-state index is 11.3. The number of hydrogen-bond donors (Lipinski definition) is 1. The summed E-state index contributed by atoms with van der Waals surface area (Å²) in [5.41, 5.74) is -0.0972. The van der Waals surface area contributed by atoms with E-state index in [0.29, 0.717) is 12.2 Å². The van der Waals surface area contributed by atoms with Crippen molar-refractivity contribution in [3.8, 4) is 0 Å². The molecule has 0 amide bonds. The Balaban J connectivity index is 2.68. The molecule has 1 saturated heterocycles. The van der Waals surface area contributed by atoms with Crippen molar-refractivity contribution in [2.24, 2.45) is 0 Å². The molecule has 21 heavy (non-hydrogen) atoms. The van der Waals surface area contributed by atoms with Gasteiger partial charge in [-0.2, -0.15) is 0 Å². The predicted octanol–water partition coefficient (Wildman–Crippen LogP) is 1.41. The molecule has 0 saturated carbocycles. The van der Waals surface area contributed by atoms with Gasteiger partial charge in [-0.15, -0.1) is 0 Å². The van der Waals surface area contributed by atoms with Crippen molar-refractivity contribution in [2.75, 3.05) is 13.7 Å². The number of rotatable bonds is 6. The Kier molecular flexibility index (Phi) is 5.55. The molecule has 6 heteroatoms. The standard InChI is InChI=1S/C15H26O6/c1-9(11-8-19-15(5,6)21-11)14(3,4)20-10(2)12(16)13(17)18-7/h10-12,16H,1,8H2,2-7H3/t10?,11-,12?/m1/s1. The molecule has 0 radical (unpaired) electrons. The first kappa shape index (κ1) is 18.1. The number of hydrogen-bond acceptors (Lipinski definition) is 6. The molecule has 0 aromatic carbocycles. The second-order valence-corrected chi connectivity index (χ2v) is 6.14. The molecule has 1 heterocycles. The van der Waals surface area contributed by atoms with Crippen LogP contribution in [-0.4, -0.2) is 54.5 Å². The molecule has 1 aliphatic rings. The minimum absolute atomic E-state index is 0.294. The molecule has 1 N–H and O–H groups in total. The van der Waals surface area contributed by atoms with E-state index >= 15 is 0 Å². The van der Waals surface area contributed by atoms with Gasteiger partial charge in [-0.25, -0.2) is 4.79 Å². The molecule has 6 nitrogen and oxygen atoms in total. The summed E-state index contributed by atoms with van der Waals surface area (Å²) in [5, 5.41) is 9.79. The van der Waals surface area contributed by atoms with Crippen LogP contribution in [0.3, 0.4) is 0 Å². The topological polar surface area (TPSA) is 74.2 Å². The third kappa shape index (κ3) is 4.51. The van der Waals surface area contributed by atoms with E-state index in [1.54, 1.807) is 6.92 Å². The summed E-state index contributed by atoms with van der Waals surface area (Å²) in [6.07, 6.45) is -2.38. The van der Waals surface area contributed by atoms with Gasteiger partial charge in [0.2, 0.25) is 0 Å². The van der Waals surface area contributed by atoms with E-state index in [0.717, 1.165) is 0 Å². The van der Waals surface area contributed by atoms with E-state index < -0.39 is 29.6 Å². The molecule has 0 bridgehead atoms. The van der Waals surface area contributed by atoms with Gasteiger partial charge in [0.25, 0.3) is 0 Å². The van der Waals surface area contributed by atoms with E-state index in [4.69, 9.17) is 14.2 Å². The first-order valence-electron chi connectivity index (χ1n) is 6.95. The Morgan fingerprint density at radius 2 is 2.05 bits per heavy atom. The summed E-state index contributed by atoms with van der Waals surface area (Å²) in [4.78, 5) is 11.3. The van der Waals surface area contributed by atoms with Crippen molar-refractivity contribution in [1.29, 1.82) is 0 Å². The molecular weight excluding hydrogens is 276 g/mol. The summed E-state index contributed by atoms with van der Waals surface area (Å²) in [6.45, 7) is 13.3. The highest BCUT2D eigenvalue weighted by atomic mass is 16.7. The summed E-state index contributed by atoms with van der Waals surface area (Å²) < 4.78 is 21.5. The minimum Gasteiger partial charge on any atom is -0.467 e. The van der Waals surface area contributed by atoms with Crippen LogP contribution in [0.25, 0.3) is 0 Å². The van der Waals surface area contributed by atoms with Gasteiger partial charge in [-0.05, 0) is 40.2 Å². The minimum atomic E-state index is -1.35. The SMILES string of the molecule is C=C([C@H]1COC(C)(C)O1)C(C)(C)OC(C)C(O)C(=O)OC. The molecule has 1 fully saturated rings. The lowest BCUT2D eigenvalue weighted by molar-refractivity contribution is -0.166. The highest BCUT2D eigenvalue weighted by Crippen LogP contribution is 2.33. The van der Waals surface area contributed by atoms with E-state index in [1.807, 2.05) is 27.7 Å². The Hall–Kier alpha value is -0.950. The Labute approximate surface area is 126 Å². The van der Waals surface area contributed by atoms with Crippen molar-refractivity contribution in [3.05, 3.63) is 12.2 Å². The van der Waals surface area contributed by atoms with Gasteiger partial charge < -0.3 is 24.1 Å². The molecule has 0 aromatic heterocycles. The van der Waals surface area contributed by atoms with Crippen LogP contribution in [0.5, 0.6) is 0 Å². The van der Waals surface area contributed by atoms with Crippen LogP contribution >= 0.6 is 0 Å². The fourth-order valence-corrected chi connectivity index (χ4v) is 2.16. The Bertz CT molecular complexity index is 401. The zero-order valence-corrected chi connectivity index (χ0v) is 13.6. The van der Waals surface area contributed by atoms with Gasteiger partial charge in [0.1, 0.15) is 6.10 Å². The summed E-state index contributed by atoms with van der Waals surface area (Å²) >= 11 is 0. The maximum Gasteiger partial charge on any atom is 0.337 e. The molecule has 122 valence electrons. The van der Waals surface area contributed by atoms with Gasteiger partial charge in [0, 0.05) is 0 Å². The normalized spacial score (nSPS) is 24.4. The fourth-order valence-electron chi connectivity index (χ4n) is 2.16. The van der Waals surface area contributed by atoms with Crippen molar-refractivity contribution >= 4 is 5.97 Å². The third-order valence-electron chi connectivity index (χ3n) is 3.54. The van der Waals surface area contributed by atoms with Crippen LogP contribution in [-0.2, 0) is 23.7 Å². The van der Waals surface area contributed by atoms with Crippen LogP contribution in [0, 0.1) is 0 Å². The smallest absolute Gasteiger partial charge is 0.337 e. The number of carbonyl (C=O) groups excluding carboxylic acids is 1. The number of carbonyl (C=O) groups is 1. The van der Waals surface area contributed by atoms with Crippen molar-refractivity contribution in [2.45, 2.75) is 64.3 Å². The average molecular weight is 302 g/mol. The number of esters is 1. The van der Waals surface area contributed by atoms with Gasteiger partial charge >= 0.3 is 5.97 Å². The van der Waals surface area contributed by atoms with Crippen LogP contribution < -0.4 is 0 Å². The predicted molar refractivity (Wildman–Crippen MR) is 76.7 cm³/mol. The third-order valence-corrected chi connectivity index (χ3v) is 3.54. The van der Waals surface area contributed by atoms with Crippen molar-refractivity contribution in [1.82, 2.24) is 0 Å². The zero-order chi connectivity index (χ0) is 16.4. The molecule has 3 atom stereocenters. The van der Waals surface area contributed by atoms with E-state index in [9.17, 15) is 9.90 Å². The van der Waals surface area contributed by atoms with Crippen LogP contribution in [0.1, 0.15) is 34.6 Å². The lowest BCUT2D eigenvalue weighted by atomic mass is 9.94. The molecule has 0 aromatic rings. The molecule has 0 spiro atoms. The Morgan fingerprint density at radius 3 is 2.48 bits per heavy atom. The first-order chi connectivity index (χ1) is 9.50. The van der Waals surface area contributed by atoms with Gasteiger partial charge in [0.15, 0.2) is 11.9 Å². The lowest BCUT2D eigenvalue weighted by Gasteiger charge is -2.34. The second-order valence-electron chi connectivity index (χ2n) is 6.14. The Morgan fingerprint density at radius 1 is 1.48 bits per heavy atom. The number of aliphatic hydroxyl groups is 1. The van der Waals surface area contributed by atoms with Crippen molar-refractivity contribution in [3.63, 3.8) is 0 Å². The van der Waals surface area contributed by atoms with Gasteiger partial charge in [0.05, 0.1) is 25.4 Å². The number of ether oxygens (including phenoxy) is 4. The summed E-state index contributed by atoms with van der Waals surface area (Å²) in [7, 11) is 1.22. The quantitative estimate of drug-likeness (QED) is 0.591. The van der Waals surface area contributed by atoms with Gasteiger partial charge in [-0.1, -0.05) is 6.58 Å². The van der Waals surface area contributed by atoms with E-state index in [-0.39, 0.29) is 6.10 Å². The first-order valence-corrected chi connectivity index (χ1v) is 6.95. The summed E-state index contributed by atoms with van der Waals surface area (Å²) in [5.74, 6) is -1.38. The highest BCUT2D eigenvalue weighted by Gasteiger charge is 2.40. The van der Waals surface area contributed by atoms with Crippen molar-refractivity contribution < 1.29 is 28.8 Å². The second kappa shape index (κ2) is 6.44. The van der Waals surface area contributed by atoms with E-state index in [2.05, 4.69) is 11.3 Å². The van der Waals surface area contributed by atoms with Crippen LogP contribution in [0.15, 0.2) is 12.2 Å². The largest absolute Gasteiger partial charge is 0.467 e. The molecule has 1 rings (SSSR count). The van der Waals surface area contributed by atoms with Crippen LogP contribution in [0.4, 0.5) is 0 Å². The van der Waals surface area contributed by atoms with Crippen LogP contribution in [0.2, 0.25) is 0 Å². The zero-order valence-electron chi connectivity index (χ0n) is 13.6. The lowest BCUT2D eigenvalue weighted by Crippen LogP contribution is -2.43. The average Bonchev–Trinajstić information content (AvgIpc) is 2.75. The van der Waals surface area contributed by atoms with Gasteiger partial charge in [-0.3, -0.25) is 0 Å². The monoisotopic (exact) mass is 302 g/mol. The molecular formula is C15H26O6. The maximum absolute atomic E-state index is 11.3. The summed E-state index contributed by atoms with van der Waals surface area (Å²) in [6, 6.07) is 0. The fraction of sp³-hybridized carbons (Fsp3) is 0.800. The number of aliphatic hydroxyl groups excluding tert-OH is 1. The van der Waals surface area contributed by atoms with E-state index in [1.165, 1.54) is 7.11 Å². The number of methoxy groups -OCH3 is 1. The molecule has 2 unspecified atom stereocenters.